The first-order chi connectivity index (χ1) is 35.6. The summed E-state index contributed by atoms with van der Waals surface area (Å²) < 4.78 is 13.4. The second-order valence-corrected chi connectivity index (χ2v) is 19.2. The predicted molar refractivity (Wildman–Crippen MR) is 300 cm³/mol. The van der Waals surface area contributed by atoms with E-state index in [9.17, 15) is 4.79 Å². The van der Waals surface area contributed by atoms with Crippen LogP contribution < -0.4 is 5.56 Å². The molecule has 0 aliphatic rings. The quantitative estimate of drug-likeness (QED) is 0.162. The average molecular weight is 918 g/mol. The van der Waals surface area contributed by atoms with Crippen molar-refractivity contribution >= 4 is 104 Å². The lowest BCUT2D eigenvalue weighted by molar-refractivity contribution is 0.669. The second-order valence-electron chi connectivity index (χ2n) is 19.2. The maximum atomic E-state index is 14.4. The summed E-state index contributed by atoms with van der Waals surface area (Å²) in [5.41, 5.74) is 17.1. The predicted octanol–water partition coefficient (Wildman–Crippen LogP) is 17.3. The number of benzene rings is 11. The fourth-order valence-corrected chi connectivity index (χ4v) is 12.2. The second kappa shape index (κ2) is 14.7. The fraction of sp³-hybridized carbons (Fsp3) is 0. The maximum Gasteiger partial charge on any atom is 0.263 e. The van der Waals surface area contributed by atoms with Crippen molar-refractivity contribution in [2.75, 3.05) is 0 Å². The minimum Gasteiger partial charge on any atom is -0.456 e. The molecule has 0 unspecified atom stereocenters. The van der Waals surface area contributed by atoms with Gasteiger partial charge in [-0.25, -0.2) is 0 Å². The van der Waals surface area contributed by atoms with Crippen molar-refractivity contribution in [2.45, 2.75) is 0 Å². The minimum atomic E-state index is 0.0000273. The highest BCUT2D eigenvalue weighted by Gasteiger charge is 2.22. The molecule has 5 nitrogen and oxygen atoms in total. The number of hydrogen-bond donors (Lipinski definition) is 0. The van der Waals surface area contributed by atoms with Crippen molar-refractivity contribution in [1.82, 2.24) is 13.5 Å². The molecule has 0 saturated heterocycles. The van der Waals surface area contributed by atoms with E-state index in [-0.39, 0.29) is 5.56 Å². The number of para-hydroxylation sites is 3. The van der Waals surface area contributed by atoms with Gasteiger partial charge in [-0.2, -0.15) is 0 Å². The molecule has 5 heteroatoms. The van der Waals surface area contributed by atoms with Crippen LogP contribution in [-0.4, -0.2) is 13.5 Å². The summed E-state index contributed by atoms with van der Waals surface area (Å²) in [6.07, 6.45) is 0. The van der Waals surface area contributed by atoms with Crippen LogP contribution in [0.3, 0.4) is 0 Å². The Kier molecular flexibility index (Phi) is 7.97. The summed E-state index contributed by atoms with van der Waals surface area (Å²) in [6, 6.07) is 84.4. The van der Waals surface area contributed by atoms with Crippen molar-refractivity contribution in [3.8, 4) is 44.8 Å². The van der Waals surface area contributed by atoms with Crippen LogP contribution in [0.2, 0.25) is 0 Å². The van der Waals surface area contributed by atoms with Crippen LogP contribution >= 0.6 is 0 Å². The van der Waals surface area contributed by atoms with E-state index in [2.05, 4.69) is 228 Å². The molecule has 72 heavy (non-hydrogen) atoms. The molecule has 0 saturated carbocycles. The van der Waals surface area contributed by atoms with Gasteiger partial charge in [-0.3, -0.25) is 9.20 Å². The van der Waals surface area contributed by atoms with E-state index in [0.29, 0.717) is 5.39 Å². The summed E-state index contributed by atoms with van der Waals surface area (Å²) in [7, 11) is 0. The highest BCUT2D eigenvalue weighted by atomic mass is 16.3. The first-order valence-electron chi connectivity index (χ1n) is 24.5. The first kappa shape index (κ1) is 39.2. The Morgan fingerprint density at radius 1 is 0.292 bits per heavy atom. The first-order valence-corrected chi connectivity index (χ1v) is 24.5. The van der Waals surface area contributed by atoms with E-state index in [0.717, 1.165) is 99.2 Å². The molecule has 0 spiro atoms. The van der Waals surface area contributed by atoms with Gasteiger partial charge in [0.15, 0.2) is 0 Å². The van der Waals surface area contributed by atoms with Crippen LogP contribution in [-0.2, 0) is 0 Å². The zero-order valence-corrected chi connectivity index (χ0v) is 38.7. The van der Waals surface area contributed by atoms with Gasteiger partial charge in [0.2, 0.25) is 0 Å². The smallest absolute Gasteiger partial charge is 0.263 e. The van der Waals surface area contributed by atoms with Gasteiger partial charge in [0.1, 0.15) is 11.2 Å². The van der Waals surface area contributed by atoms with E-state index in [1.54, 1.807) is 0 Å². The van der Waals surface area contributed by atoms with Crippen molar-refractivity contribution in [3.05, 3.63) is 247 Å². The molecule has 0 bridgehead atoms. The molecule has 5 aromatic heterocycles. The number of furan rings is 1. The third-order valence-corrected chi connectivity index (χ3v) is 15.4. The summed E-state index contributed by atoms with van der Waals surface area (Å²) in [5.74, 6) is 0. The number of pyridine rings is 1. The Bertz CT molecular complexity index is 5000. The molecule has 0 amide bonds. The number of hydrogen-bond acceptors (Lipinski definition) is 2. The zero-order chi connectivity index (χ0) is 47.2. The summed E-state index contributed by atoms with van der Waals surface area (Å²) in [4.78, 5) is 14.4. The van der Waals surface area contributed by atoms with Crippen LogP contribution in [0.4, 0.5) is 0 Å². The summed E-state index contributed by atoms with van der Waals surface area (Å²) >= 11 is 0. The maximum absolute atomic E-state index is 14.4. The van der Waals surface area contributed by atoms with Gasteiger partial charge in [0, 0.05) is 65.2 Å². The lowest BCUT2D eigenvalue weighted by Crippen LogP contribution is -2.12. The van der Waals surface area contributed by atoms with Gasteiger partial charge < -0.3 is 13.6 Å². The standard InChI is InChI=1S/C67H39N3O2/c71-67-51-21-8-7-18-48(51)55-37-44(40-14-3-1-4-15-40)38-56-54-36-43(28-32-62(54)70(67)66(55)56)47-22-13-25-64-65(47)57-39-46(29-33-63(57)72-64)69-59-24-12-10-20-50(59)53-35-42(27-31-61(53)69)41-26-30-60-52(34-41)49-19-9-11-23-58(49)68(60)45-16-5-2-6-17-45/h1-39H. The van der Waals surface area contributed by atoms with Crippen LogP contribution in [0.1, 0.15) is 0 Å². The molecule has 16 aromatic rings. The fourth-order valence-electron chi connectivity index (χ4n) is 12.2. The molecule has 0 radical (unpaired) electrons. The van der Waals surface area contributed by atoms with Gasteiger partial charge in [-0.15, -0.1) is 0 Å². The monoisotopic (exact) mass is 917 g/mol. The summed E-state index contributed by atoms with van der Waals surface area (Å²) in [6.45, 7) is 0. The van der Waals surface area contributed by atoms with Crippen LogP contribution in [0.15, 0.2) is 246 Å². The average Bonchev–Trinajstić information content (AvgIpc) is 4.19. The Morgan fingerprint density at radius 3 is 1.53 bits per heavy atom. The molecular weight excluding hydrogens is 879 g/mol. The Morgan fingerprint density at radius 2 is 0.819 bits per heavy atom. The van der Waals surface area contributed by atoms with Gasteiger partial charge in [0.05, 0.1) is 33.1 Å². The van der Waals surface area contributed by atoms with Crippen molar-refractivity contribution in [3.63, 3.8) is 0 Å². The SMILES string of the molecule is O=c1c2ccccc2c2cc(-c3ccccc3)cc3c4cc(-c5cccc6oc7ccc(-n8c9ccccc9c9cc(-c%10ccc%11c(c%10)c%10ccccc%10n%11-c%10ccccc%10)ccc98)cc7c56)ccc4n1c23. The van der Waals surface area contributed by atoms with Crippen molar-refractivity contribution in [1.29, 1.82) is 0 Å². The zero-order valence-electron chi connectivity index (χ0n) is 38.7. The normalized spacial score (nSPS) is 12.2. The number of nitrogens with zero attached hydrogens (tertiary/aromatic N) is 3. The molecule has 0 N–H and O–H groups in total. The molecular formula is C67H39N3O2. The van der Waals surface area contributed by atoms with Crippen LogP contribution in [0.25, 0.3) is 148 Å². The van der Waals surface area contributed by atoms with E-state index < -0.39 is 0 Å². The third-order valence-electron chi connectivity index (χ3n) is 15.4. The van der Waals surface area contributed by atoms with Crippen LogP contribution in [0.5, 0.6) is 0 Å². The number of fused-ring (bicyclic) bond motifs is 14. The van der Waals surface area contributed by atoms with E-state index in [1.165, 1.54) is 43.7 Å². The number of aromatic nitrogens is 3. The molecule has 0 atom stereocenters. The minimum absolute atomic E-state index is 0.0000273. The lowest BCUT2D eigenvalue weighted by atomic mass is 9.96. The number of rotatable bonds is 5. The van der Waals surface area contributed by atoms with Crippen LogP contribution in [0, 0.1) is 0 Å². The van der Waals surface area contributed by atoms with E-state index >= 15 is 0 Å². The van der Waals surface area contributed by atoms with Gasteiger partial charge in [-0.1, -0.05) is 133 Å². The molecule has 11 aromatic carbocycles. The van der Waals surface area contributed by atoms with Crippen molar-refractivity contribution in [2.24, 2.45) is 0 Å². The third kappa shape index (κ3) is 5.45. The highest BCUT2D eigenvalue weighted by molar-refractivity contribution is 6.23. The molecule has 16 rings (SSSR count). The molecule has 5 heterocycles. The molecule has 0 aliphatic heterocycles. The Labute approximate surface area is 411 Å². The van der Waals surface area contributed by atoms with E-state index in [1.807, 2.05) is 22.6 Å². The topological polar surface area (TPSA) is 44.5 Å². The van der Waals surface area contributed by atoms with Crippen molar-refractivity contribution < 1.29 is 4.42 Å². The highest BCUT2D eigenvalue weighted by Crippen LogP contribution is 2.44. The van der Waals surface area contributed by atoms with Gasteiger partial charge >= 0.3 is 0 Å². The molecule has 334 valence electrons. The Balaban J connectivity index is 0.864. The lowest BCUT2D eigenvalue weighted by Gasteiger charge is -2.10. The van der Waals surface area contributed by atoms with E-state index in [4.69, 9.17) is 4.42 Å². The van der Waals surface area contributed by atoms with Gasteiger partial charge in [-0.05, 0) is 142 Å². The molecule has 0 fully saturated rings. The summed E-state index contributed by atoms with van der Waals surface area (Å²) in [5, 5.41) is 11.8. The largest absolute Gasteiger partial charge is 0.456 e. The van der Waals surface area contributed by atoms with Gasteiger partial charge in [0.25, 0.3) is 5.56 Å². The molecule has 0 aliphatic carbocycles. The Hall–Kier alpha value is -9.71.